The van der Waals surface area contributed by atoms with Crippen molar-refractivity contribution < 1.29 is 17.9 Å². The van der Waals surface area contributed by atoms with Gasteiger partial charge in [-0.15, -0.1) is 0 Å². The number of benzene rings is 2. The van der Waals surface area contributed by atoms with E-state index in [0.29, 0.717) is 32.9 Å². The van der Waals surface area contributed by atoms with Crippen molar-refractivity contribution >= 4 is 21.6 Å². The number of ether oxygens (including phenoxy) is 1. The molecule has 0 atom stereocenters. The molecule has 0 aliphatic heterocycles. The monoisotopic (exact) mass is 475 g/mol. The molecule has 0 bridgehead atoms. The predicted octanol–water partition coefficient (Wildman–Crippen LogP) is 4.23. The average Bonchev–Trinajstić information content (AvgIpc) is 3.17. The molecule has 0 aliphatic carbocycles. The number of halogens is 3. The van der Waals surface area contributed by atoms with Crippen LogP contribution in [0.2, 0.25) is 0 Å². The maximum atomic E-state index is 13.1. The Bertz CT molecular complexity index is 1420. The molecule has 172 valence electrons. The van der Waals surface area contributed by atoms with Crippen LogP contribution in [0.4, 0.5) is 13.2 Å². The number of fused-ring (bicyclic) bond motifs is 1. The number of hydrogen-bond acceptors (Lipinski definition) is 5. The summed E-state index contributed by atoms with van der Waals surface area (Å²) in [6, 6.07) is 13.4. The van der Waals surface area contributed by atoms with E-state index in [1.807, 2.05) is 31.2 Å². The van der Waals surface area contributed by atoms with E-state index < -0.39 is 23.1 Å². The molecule has 0 saturated carbocycles. The van der Waals surface area contributed by atoms with Gasteiger partial charge in [0.25, 0.3) is 5.56 Å². The Labute approximate surface area is 190 Å². The first-order chi connectivity index (χ1) is 15.6. The summed E-state index contributed by atoms with van der Waals surface area (Å²) in [5.74, 6) is 0. The lowest BCUT2D eigenvalue weighted by Gasteiger charge is -2.14. The SMILES string of the molecule is Cc1ccc(CCOCc2nsc3ccc(-n4c(=O)cc(C(F)(F)F)n(C)c4=O)cc23)cc1. The van der Waals surface area contributed by atoms with E-state index in [2.05, 4.69) is 4.37 Å². The van der Waals surface area contributed by atoms with Gasteiger partial charge in [0.05, 0.1) is 29.3 Å². The first-order valence-corrected chi connectivity index (χ1v) is 10.8. The molecular weight excluding hydrogens is 455 g/mol. The molecule has 0 saturated heterocycles. The molecule has 0 radical (unpaired) electrons. The molecule has 33 heavy (non-hydrogen) atoms. The van der Waals surface area contributed by atoms with E-state index in [4.69, 9.17) is 4.74 Å². The summed E-state index contributed by atoms with van der Waals surface area (Å²) >= 11 is 1.24. The van der Waals surface area contributed by atoms with Crippen LogP contribution in [0, 0.1) is 6.92 Å². The van der Waals surface area contributed by atoms with Gasteiger partial charge < -0.3 is 4.74 Å². The minimum Gasteiger partial charge on any atom is -0.375 e. The highest BCUT2D eigenvalue weighted by Crippen LogP contribution is 2.28. The van der Waals surface area contributed by atoms with Crippen LogP contribution in [0.1, 0.15) is 22.5 Å². The summed E-state index contributed by atoms with van der Waals surface area (Å²) < 4.78 is 51.4. The van der Waals surface area contributed by atoms with Crippen LogP contribution in [0.5, 0.6) is 0 Å². The zero-order valence-electron chi connectivity index (χ0n) is 17.8. The molecular formula is C23H20F3N3O3S. The molecule has 4 aromatic rings. The zero-order chi connectivity index (χ0) is 23.8. The van der Waals surface area contributed by atoms with Gasteiger partial charge in [-0.05, 0) is 48.6 Å². The second kappa shape index (κ2) is 8.95. The van der Waals surface area contributed by atoms with Gasteiger partial charge in [-0.1, -0.05) is 29.8 Å². The van der Waals surface area contributed by atoms with E-state index >= 15 is 0 Å². The maximum Gasteiger partial charge on any atom is 0.431 e. The molecule has 0 fully saturated rings. The van der Waals surface area contributed by atoms with Gasteiger partial charge in [-0.3, -0.25) is 9.36 Å². The highest BCUT2D eigenvalue weighted by Gasteiger charge is 2.35. The third-order valence-corrected chi connectivity index (χ3v) is 6.16. The maximum absolute atomic E-state index is 13.1. The Hall–Kier alpha value is -3.24. The summed E-state index contributed by atoms with van der Waals surface area (Å²) in [5.41, 5.74) is -0.276. The number of aryl methyl sites for hydroxylation is 1. The van der Waals surface area contributed by atoms with Crippen molar-refractivity contribution in [2.24, 2.45) is 7.05 Å². The lowest BCUT2D eigenvalue weighted by atomic mass is 10.1. The van der Waals surface area contributed by atoms with Crippen molar-refractivity contribution in [3.63, 3.8) is 0 Å². The number of nitrogens with zero attached hydrogens (tertiary/aromatic N) is 3. The molecule has 2 heterocycles. The van der Waals surface area contributed by atoms with Gasteiger partial charge in [0.15, 0.2) is 0 Å². The van der Waals surface area contributed by atoms with Gasteiger partial charge >= 0.3 is 11.9 Å². The molecule has 0 N–H and O–H groups in total. The normalized spacial score (nSPS) is 11.9. The fraction of sp³-hybridized carbons (Fsp3) is 0.261. The van der Waals surface area contributed by atoms with Crippen LogP contribution in [0.15, 0.2) is 58.1 Å². The lowest BCUT2D eigenvalue weighted by Crippen LogP contribution is -2.40. The van der Waals surface area contributed by atoms with Crippen LogP contribution >= 0.6 is 11.5 Å². The summed E-state index contributed by atoms with van der Waals surface area (Å²) in [4.78, 5) is 25.0. The van der Waals surface area contributed by atoms with Crippen molar-refractivity contribution in [1.82, 2.24) is 13.5 Å². The summed E-state index contributed by atoms with van der Waals surface area (Å²) in [6.45, 7) is 2.74. The second-order valence-electron chi connectivity index (χ2n) is 7.64. The van der Waals surface area contributed by atoms with E-state index in [9.17, 15) is 22.8 Å². The average molecular weight is 475 g/mol. The van der Waals surface area contributed by atoms with Gasteiger partial charge in [-0.2, -0.15) is 17.5 Å². The van der Waals surface area contributed by atoms with Gasteiger partial charge in [0, 0.05) is 18.5 Å². The largest absolute Gasteiger partial charge is 0.431 e. The number of rotatable bonds is 6. The highest BCUT2D eigenvalue weighted by atomic mass is 32.1. The lowest BCUT2D eigenvalue weighted by molar-refractivity contribution is -0.144. The summed E-state index contributed by atoms with van der Waals surface area (Å²) in [5, 5.41) is 0.682. The first-order valence-electron chi connectivity index (χ1n) is 10.1. The standard InChI is InChI=1S/C23H20F3N3O3S/c1-14-3-5-15(6-4-14)9-10-32-13-18-17-11-16(7-8-19(17)33-27-18)29-21(30)12-20(23(24,25)26)28(2)22(29)31/h3-8,11-12H,9-10,13H2,1-2H3. The highest BCUT2D eigenvalue weighted by molar-refractivity contribution is 7.13. The van der Waals surface area contributed by atoms with Crippen molar-refractivity contribution in [3.8, 4) is 5.69 Å². The molecule has 0 amide bonds. The molecule has 0 aliphatic rings. The van der Waals surface area contributed by atoms with Crippen molar-refractivity contribution in [1.29, 1.82) is 0 Å². The van der Waals surface area contributed by atoms with Crippen molar-refractivity contribution in [2.45, 2.75) is 26.1 Å². The fourth-order valence-electron chi connectivity index (χ4n) is 3.47. The van der Waals surface area contributed by atoms with E-state index in [0.717, 1.165) is 23.7 Å². The third-order valence-electron chi connectivity index (χ3n) is 5.29. The molecule has 4 rings (SSSR count). The minimum atomic E-state index is -4.81. The van der Waals surface area contributed by atoms with Crippen LogP contribution in [0.25, 0.3) is 15.8 Å². The van der Waals surface area contributed by atoms with E-state index in [1.54, 1.807) is 12.1 Å². The molecule has 2 aromatic carbocycles. The topological polar surface area (TPSA) is 66.1 Å². The number of aromatic nitrogens is 3. The fourth-order valence-corrected chi connectivity index (χ4v) is 4.23. The third kappa shape index (κ3) is 4.76. The molecule has 0 unspecified atom stereocenters. The predicted molar refractivity (Wildman–Crippen MR) is 120 cm³/mol. The smallest absolute Gasteiger partial charge is 0.375 e. The minimum absolute atomic E-state index is 0.169. The summed E-state index contributed by atoms with van der Waals surface area (Å²) in [7, 11) is 0.985. The number of alkyl halides is 3. The van der Waals surface area contributed by atoms with E-state index in [1.165, 1.54) is 23.2 Å². The van der Waals surface area contributed by atoms with Gasteiger partial charge in [0.2, 0.25) is 0 Å². The van der Waals surface area contributed by atoms with Gasteiger partial charge in [0.1, 0.15) is 5.69 Å². The molecule has 0 spiro atoms. The molecule has 6 nitrogen and oxygen atoms in total. The van der Waals surface area contributed by atoms with Crippen LogP contribution in [-0.2, 0) is 31.0 Å². The first kappa shape index (κ1) is 22.9. The molecule has 10 heteroatoms. The number of hydrogen-bond donors (Lipinski definition) is 0. The Balaban J connectivity index is 1.58. The zero-order valence-corrected chi connectivity index (χ0v) is 18.7. The Kier molecular flexibility index (Phi) is 6.22. The Morgan fingerprint density at radius 1 is 1.06 bits per heavy atom. The van der Waals surface area contributed by atoms with Crippen molar-refractivity contribution in [3.05, 3.63) is 91.9 Å². The quantitative estimate of drug-likeness (QED) is 0.392. The van der Waals surface area contributed by atoms with Crippen molar-refractivity contribution in [2.75, 3.05) is 6.61 Å². The Morgan fingerprint density at radius 3 is 2.48 bits per heavy atom. The van der Waals surface area contributed by atoms with E-state index in [-0.39, 0.29) is 12.3 Å². The van der Waals surface area contributed by atoms with Gasteiger partial charge in [-0.25, -0.2) is 9.36 Å². The van der Waals surface area contributed by atoms with Crippen LogP contribution in [-0.4, -0.2) is 20.1 Å². The molecule has 2 aromatic heterocycles. The second-order valence-corrected chi connectivity index (χ2v) is 8.45. The summed E-state index contributed by atoms with van der Waals surface area (Å²) in [6.07, 6.45) is -4.07. The van der Waals surface area contributed by atoms with Crippen LogP contribution < -0.4 is 11.2 Å². The Morgan fingerprint density at radius 2 is 1.79 bits per heavy atom. The van der Waals surface area contributed by atoms with Crippen LogP contribution in [0.3, 0.4) is 0 Å².